The summed E-state index contributed by atoms with van der Waals surface area (Å²) in [6, 6.07) is 9.16. The first kappa shape index (κ1) is 15.6. The lowest BCUT2D eigenvalue weighted by Gasteiger charge is -2.25. The van der Waals surface area contributed by atoms with Gasteiger partial charge < -0.3 is 5.32 Å². The fraction of sp³-hybridized carbons (Fsp3) is 0.684. The van der Waals surface area contributed by atoms with Crippen LogP contribution in [0.2, 0.25) is 0 Å². The monoisotopic (exact) mass is 273 g/mol. The SMILES string of the molecule is CCCCCC(C)(C)CNCc1cccc(C2CC2)c1. The van der Waals surface area contributed by atoms with Crippen molar-refractivity contribution in [2.45, 2.75) is 71.8 Å². The molecule has 2 rings (SSSR count). The summed E-state index contributed by atoms with van der Waals surface area (Å²) in [4.78, 5) is 0. The molecule has 0 aliphatic heterocycles. The highest BCUT2D eigenvalue weighted by Crippen LogP contribution is 2.40. The van der Waals surface area contributed by atoms with Crippen LogP contribution in [0.25, 0.3) is 0 Å². The Morgan fingerprint density at radius 2 is 2.00 bits per heavy atom. The molecule has 1 aromatic carbocycles. The molecule has 1 heteroatoms. The predicted octanol–water partition coefficient (Wildman–Crippen LogP) is 5.26. The third-order valence-corrected chi connectivity index (χ3v) is 4.39. The Labute approximate surface area is 125 Å². The highest BCUT2D eigenvalue weighted by molar-refractivity contribution is 5.29. The quantitative estimate of drug-likeness (QED) is 0.605. The van der Waals surface area contributed by atoms with Gasteiger partial charge in [0.2, 0.25) is 0 Å². The van der Waals surface area contributed by atoms with E-state index >= 15 is 0 Å². The molecular weight excluding hydrogens is 242 g/mol. The molecule has 1 N–H and O–H groups in total. The summed E-state index contributed by atoms with van der Waals surface area (Å²) in [7, 11) is 0. The molecule has 112 valence electrons. The lowest BCUT2D eigenvalue weighted by atomic mass is 9.87. The lowest BCUT2D eigenvalue weighted by Crippen LogP contribution is -2.29. The van der Waals surface area contributed by atoms with Crippen LogP contribution in [0.4, 0.5) is 0 Å². The van der Waals surface area contributed by atoms with Crippen molar-refractivity contribution in [3.63, 3.8) is 0 Å². The molecule has 0 bridgehead atoms. The normalized spacial score (nSPS) is 15.6. The first-order valence-electron chi connectivity index (χ1n) is 8.40. The van der Waals surface area contributed by atoms with Gasteiger partial charge in [-0.1, -0.05) is 64.3 Å². The summed E-state index contributed by atoms with van der Waals surface area (Å²) in [6.45, 7) is 9.17. The lowest BCUT2D eigenvalue weighted by molar-refractivity contribution is 0.302. The second-order valence-electron chi connectivity index (χ2n) is 7.24. The van der Waals surface area contributed by atoms with Gasteiger partial charge in [-0.3, -0.25) is 0 Å². The van der Waals surface area contributed by atoms with E-state index in [1.54, 1.807) is 5.56 Å². The van der Waals surface area contributed by atoms with Crippen LogP contribution in [-0.2, 0) is 6.54 Å². The van der Waals surface area contributed by atoms with Crippen LogP contribution in [0.5, 0.6) is 0 Å². The molecule has 0 aromatic heterocycles. The molecule has 0 heterocycles. The fourth-order valence-electron chi connectivity index (χ4n) is 2.86. The molecule has 0 amide bonds. The molecule has 1 nitrogen and oxygen atoms in total. The average molecular weight is 273 g/mol. The van der Waals surface area contributed by atoms with E-state index in [0.717, 1.165) is 19.0 Å². The summed E-state index contributed by atoms with van der Waals surface area (Å²) in [5.74, 6) is 0.862. The third-order valence-electron chi connectivity index (χ3n) is 4.39. The maximum atomic E-state index is 3.66. The van der Waals surface area contributed by atoms with Crippen molar-refractivity contribution in [2.24, 2.45) is 5.41 Å². The molecule has 0 saturated heterocycles. The van der Waals surface area contributed by atoms with Crippen molar-refractivity contribution in [3.05, 3.63) is 35.4 Å². The molecule has 0 spiro atoms. The Morgan fingerprint density at radius 1 is 1.20 bits per heavy atom. The minimum absolute atomic E-state index is 0.420. The third kappa shape index (κ3) is 5.28. The molecule has 1 aliphatic carbocycles. The van der Waals surface area contributed by atoms with E-state index in [0.29, 0.717) is 5.41 Å². The van der Waals surface area contributed by atoms with E-state index in [2.05, 4.69) is 50.4 Å². The molecule has 1 aromatic rings. The molecule has 0 atom stereocenters. The maximum absolute atomic E-state index is 3.66. The number of hydrogen-bond acceptors (Lipinski definition) is 1. The van der Waals surface area contributed by atoms with E-state index in [4.69, 9.17) is 0 Å². The Kier molecular flexibility index (Phi) is 5.65. The van der Waals surface area contributed by atoms with E-state index < -0.39 is 0 Å². The average Bonchev–Trinajstić information content (AvgIpc) is 3.23. The van der Waals surface area contributed by atoms with Crippen molar-refractivity contribution in [1.29, 1.82) is 0 Å². The fourth-order valence-corrected chi connectivity index (χ4v) is 2.86. The van der Waals surface area contributed by atoms with Crippen LogP contribution in [0.1, 0.15) is 76.3 Å². The van der Waals surface area contributed by atoms with E-state index in [1.807, 2.05) is 0 Å². The van der Waals surface area contributed by atoms with Gasteiger partial charge in [-0.15, -0.1) is 0 Å². The highest BCUT2D eigenvalue weighted by atomic mass is 14.9. The van der Waals surface area contributed by atoms with Crippen molar-refractivity contribution >= 4 is 0 Å². The molecular formula is C19H31N. The van der Waals surface area contributed by atoms with Crippen LogP contribution < -0.4 is 5.32 Å². The summed E-state index contributed by atoms with van der Waals surface area (Å²) in [6.07, 6.45) is 8.16. The van der Waals surface area contributed by atoms with Gasteiger partial charge in [0, 0.05) is 13.1 Å². The van der Waals surface area contributed by atoms with Gasteiger partial charge in [-0.2, -0.15) is 0 Å². The zero-order chi connectivity index (χ0) is 14.4. The second-order valence-corrected chi connectivity index (χ2v) is 7.24. The van der Waals surface area contributed by atoms with Crippen LogP contribution in [0.3, 0.4) is 0 Å². The Bertz CT molecular complexity index is 404. The minimum atomic E-state index is 0.420. The van der Waals surface area contributed by atoms with Gasteiger partial charge >= 0.3 is 0 Å². The Hall–Kier alpha value is -0.820. The van der Waals surface area contributed by atoms with Crippen LogP contribution in [0, 0.1) is 5.41 Å². The minimum Gasteiger partial charge on any atom is -0.312 e. The van der Waals surface area contributed by atoms with Gasteiger partial charge in [0.1, 0.15) is 0 Å². The maximum Gasteiger partial charge on any atom is 0.0205 e. The molecule has 20 heavy (non-hydrogen) atoms. The number of hydrogen-bond donors (Lipinski definition) is 1. The van der Waals surface area contributed by atoms with Crippen LogP contribution in [0.15, 0.2) is 24.3 Å². The molecule has 0 unspecified atom stereocenters. The number of unbranched alkanes of at least 4 members (excludes halogenated alkanes) is 2. The summed E-state index contributed by atoms with van der Waals surface area (Å²) >= 11 is 0. The van der Waals surface area contributed by atoms with Crippen LogP contribution in [-0.4, -0.2) is 6.54 Å². The van der Waals surface area contributed by atoms with E-state index in [1.165, 1.54) is 44.1 Å². The first-order chi connectivity index (χ1) is 9.61. The van der Waals surface area contributed by atoms with Crippen LogP contribution >= 0.6 is 0 Å². The van der Waals surface area contributed by atoms with Gasteiger partial charge in [0.25, 0.3) is 0 Å². The number of nitrogens with one attached hydrogen (secondary N) is 1. The van der Waals surface area contributed by atoms with Crippen molar-refractivity contribution in [3.8, 4) is 0 Å². The van der Waals surface area contributed by atoms with Gasteiger partial charge in [-0.05, 0) is 41.7 Å². The first-order valence-corrected chi connectivity index (χ1v) is 8.40. The van der Waals surface area contributed by atoms with Gasteiger partial charge in [0.15, 0.2) is 0 Å². The second kappa shape index (κ2) is 7.26. The van der Waals surface area contributed by atoms with E-state index in [9.17, 15) is 0 Å². The summed E-state index contributed by atoms with van der Waals surface area (Å²) in [5, 5.41) is 3.66. The van der Waals surface area contributed by atoms with Crippen molar-refractivity contribution < 1.29 is 0 Å². The predicted molar refractivity (Wildman–Crippen MR) is 88.0 cm³/mol. The Morgan fingerprint density at radius 3 is 2.70 bits per heavy atom. The Balaban J connectivity index is 1.73. The topological polar surface area (TPSA) is 12.0 Å². The largest absolute Gasteiger partial charge is 0.312 e. The number of benzene rings is 1. The van der Waals surface area contributed by atoms with E-state index in [-0.39, 0.29) is 0 Å². The smallest absolute Gasteiger partial charge is 0.0205 e. The standard InChI is InChI=1S/C19H31N/c1-4-5-6-12-19(2,3)15-20-14-16-8-7-9-18(13-16)17-10-11-17/h7-9,13,17,20H,4-6,10-12,14-15H2,1-3H3. The zero-order valence-electron chi connectivity index (χ0n) is 13.5. The molecule has 1 fully saturated rings. The molecule has 1 aliphatic rings. The molecule has 1 saturated carbocycles. The van der Waals surface area contributed by atoms with Crippen molar-refractivity contribution in [1.82, 2.24) is 5.32 Å². The van der Waals surface area contributed by atoms with Crippen molar-refractivity contribution in [2.75, 3.05) is 6.54 Å². The summed E-state index contributed by atoms with van der Waals surface area (Å²) < 4.78 is 0. The van der Waals surface area contributed by atoms with Gasteiger partial charge in [-0.25, -0.2) is 0 Å². The zero-order valence-corrected chi connectivity index (χ0v) is 13.5. The van der Waals surface area contributed by atoms with Gasteiger partial charge in [0.05, 0.1) is 0 Å². The summed E-state index contributed by atoms with van der Waals surface area (Å²) in [5.41, 5.74) is 3.41. The molecule has 0 radical (unpaired) electrons. The highest BCUT2D eigenvalue weighted by Gasteiger charge is 2.23. The number of rotatable bonds is 9.